The van der Waals surface area contributed by atoms with Crippen molar-refractivity contribution in [3.05, 3.63) is 46.7 Å². The molecule has 1 aliphatic rings. The molecule has 130 valence electrons. The monoisotopic (exact) mass is 346 g/mol. The van der Waals surface area contributed by atoms with Gasteiger partial charge in [-0.15, -0.1) is 0 Å². The van der Waals surface area contributed by atoms with Crippen LogP contribution in [-0.2, 0) is 9.53 Å². The quantitative estimate of drug-likeness (QED) is 0.627. The van der Waals surface area contributed by atoms with Crippen LogP contribution >= 0.6 is 12.2 Å². The summed E-state index contributed by atoms with van der Waals surface area (Å²) < 4.78 is 5.29. The van der Waals surface area contributed by atoms with E-state index in [1.165, 1.54) is 5.56 Å². The molecule has 0 amide bonds. The van der Waals surface area contributed by atoms with Crippen molar-refractivity contribution in [3.8, 4) is 0 Å². The fraction of sp³-hybridized carbons (Fsp3) is 0.474. The van der Waals surface area contributed by atoms with Crippen LogP contribution in [0.1, 0.15) is 57.7 Å². The van der Waals surface area contributed by atoms with Crippen molar-refractivity contribution < 1.29 is 9.53 Å². The van der Waals surface area contributed by atoms with Gasteiger partial charge in [-0.25, -0.2) is 4.79 Å². The van der Waals surface area contributed by atoms with Crippen molar-refractivity contribution in [1.82, 2.24) is 10.6 Å². The highest BCUT2D eigenvalue weighted by Crippen LogP contribution is 2.31. The number of benzene rings is 1. The first-order valence-electron chi connectivity index (χ1n) is 8.43. The Kier molecular flexibility index (Phi) is 5.99. The SMILES string of the molecule is CCOC(=O)C1=C(C(C)C)NC(=S)N[C@H]1c1ccc(C(C)C)cc1. The molecule has 0 saturated heterocycles. The van der Waals surface area contributed by atoms with Gasteiger partial charge in [-0.05, 0) is 42.1 Å². The zero-order valence-electron chi connectivity index (χ0n) is 15.0. The molecule has 5 heteroatoms. The van der Waals surface area contributed by atoms with Crippen molar-refractivity contribution >= 4 is 23.3 Å². The lowest BCUT2D eigenvalue weighted by atomic mass is 9.90. The van der Waals surface area contributed by atoms with Crippen molar-refractivity contribution in [2.75, 3.05) is 6.61 Å². The van der Waals surface area contributed by atoms with Gasteiger partial charge in [0, 0.05) is 5.70 Å². The molecule has 0 fully saturated rings. The maximum atomic E-state index is 12.6. The number of carbonyl (C=O) groups is 1. The normalized spacial score (nSPS) is 17.8. The molecule has 4 nitrogen and oxygen atoms in total. The highest BCUT2D eigenvalue weighted by molar-refractivity contribution is 7.80. The highest BCUT2D eigenvalue weighted by atomic mass is 32.1. The summed E-state index contributed by atoms with van der Waals surface area (Å²) in [5, 5.41) is 6.88. The van der Waals surface area contributed by atoms with E-state index < -0.39 is 0 Å². The molecule has 2 rings (SSSR count). The molecule has 1 aromatic rings. The van der Waals surface area contributed by atoms with Crippen LogP contribution in [0.5, 0.6) is 0 Å². The van der Waals surface area contributed by atoms with E-state index in [4.69, 9.17) is 17.0 Å². The number of carbonyl (C=O) groups excluding carboxylic acids is 1. The average Bonchev–Trinajstić information content (AvgIpc) is 2.54. The summed E-state index contributed by atoms with van der Waals surface area (Å²) >= 11 is 5.34. The molecule has 0 radical (unpaired) electrons. The first kappa shape index (κ1) is 18.5. The molecule has 0 unspecified atom stereocenters. The van der Waals surface area contributed by atoms with Gasteiger partial charge in [-0.1, -0.05) is 52.0 Å². The highest BCUT2D eigenvalue weighted by Gasteiger charge is 2.33. The number of nitrogens with one attached hydrogen (secondary N) is 2. The summed E-state index contributed by atoms with van der Waals surface area (Å²) in [5.74, 6) is 0.302. The van der Waals surface area contributed by atoms with Crippen LogP contribution in [0, 0.1) is 5.92 Å². The zero-order valence-corrected chi connectivity index (χ0v) is 15.8. The van der Waals surface area contributed by atoms with E-state index in [1.54, 1.807) is 0 Å². The van der Waals surface area contributed by atoms with Crippen LogP contribution in [0.4, 0.5) is 0 Å². The van der Waals surface area contributed by atoms with Gasteiger partial charge in [0.25, 0.3) is 0 Å². The van der Waals surface area contributed by atoms with E-state index >= 15 is 0 Å². The third kappa shape index (κ3) is 3.96. The second kappa shape index (κ2) is 7.79. The molecule has 0 saturated carbocycles. The van der Waals surface area contributed by atoms with Crippen LogP contribution in [0.3, 0.4) is 0 Å². The van der Waals surface area contributed by atoms with E-state index in [1.807, 2.05) is 20.8 Å². The third-order valence-corrected chi connectivity index (χ3v) is 4.33. The summed E-state index contributed by atoms with van der Waals surface area (Å²) in [7, 11) is 0. The molecule has 1 atom stereocenters. The topological polar surface area (TPSA) is 50.4 Å². The van der Waals surface area contributed by atoms with Gasteiger partial charge < -0.3 is 15.4 Å². The van der Waals surface area contributed by atoms with Crippen LogP contribution in [-0.4, -0.2) is 17.7 Å². The third-order valence-electron chi connectivity index (χ3n) is 4.11. The number of rotatable bonds is 5. The molecule has 0 spiro atoms. The van der Waals surface area contributed by atoms with Gasteiger partial charge in [0.2, 0.25) is 0 Å². The number of hydrogen-bond acceptors (Lipinski definition) is 3. The van der Waals surface area contributed by atoms with E-state index in [0.29, 0.717) is 23.2 Å². The van der Waals surface area contributed by atoms with E-state index in [0.717, 1.165) is 11.3 Å². The summed E-state index contributed by atoms with van der Waals surface area (Å²) in [6.45, 7) is 10.6. The van der Waals surface area contributed by atoms with E-state index in [-0.39, 0.29) is 17.9 Å². The summed E-state index contributed by atoms with van der Waals surface area (Å²) in [5.41, 5.74) is 3.71. The van der Waals surface area contributed by atoms with Gasteiger partial charge in [-0.3, -0.25) is 0 Å². The Morgan fingerprint density at radius 3 is 2.29 bits per heavy atom. The minimum absolute atomic E-state index is 0.141. The molecule has 24 heavy (non-hydrogen) atoms. The number of esters is 1. The average molecular weight is 346 g/mol. The maximum absolute atomic E-state index is 12.6. The van der Waals surface area contributed by atoms with Crippen molar-refractivity contribution in [3.63, 3.8) is 0 Å². The number of allylic oxidation sites excluding steroid dienone is 1. The van der Waals surface area contributed by atoms with Crippen LogP contribution in [0.25, 0.3) is 0 Å². The summed E-state index contributed by atoms with van der Waals surface area (Å²) in [6, 6.07) is 8.02. The molecule has 2 N–H and O–H groups in total. The standard InChI is InChI=1S/C19H26N2O2S/c1-6-23-18(22)15-16(12(4)5)20-19(24)21-17(15)14-9-7-13(8-10-14)11(2)3/h7-12,17H,6H2,1-5H3,(H2,20,21,24)/t17-/m0/s1. The lowest BCUT2D eigenvalue weighted by Crippen LogP contribution is -2.47. The molecule has 0 bridgehead atoms. The van der Waals surface area contributed by atoms with E-state index in [9.17, 15) is 4.79 Å². The Morgan fingerprint density at radius 2 is 1.79 bits per heavy atom. The van der Waals surface area contributed by atoms with Crippen molar-refractivity contribution in [2.24, 2.45) is 5.92 Å². The Morgan fingerprint density at radius 1 is 1.17 bits per heavy atom. The second-order valence-electron chi connectivity index (χ2n) is 6.56. The maximum Gasteiger partial charge on any atom is 0.338 e. The van der Waals surface area contributed by atoms with Gasteiger partial charge >= 0.3 is 5.97 Å². The molecule has 1 heterocycles. The van der Waals surface area contributed by atoms with Crippen molar-refractivity contribution in [1.29, 1.82) is 0 Å². The molecule has 1 aliphatic heterocycles. The van der Waals surface area contributed by atoms with Crippen LogP contribution < -0.4 is 10.6 Å². The predicted molar refractivity (Wildman–Crippen MR) is 101 cm³/mol. The van der Waals surface area contributed by atoms with Gasteiger partial charge in [0.1, 0.15) is 0 Å². The fourth-order valence-corrected chi connectivity index (χ4v) is 3.03. The van der Waals surface area contributed by atoms with E-state index in [2.05, 4.69) is 48.7 Å². The second-order valence-corrected chi connectivity index (χ2v) is 6.96. The molecule has 1 aromatic carbocycles. The number of thiocarbonyl (C=S) groups is 1. The molecule has 0 aliphatic carbocycles. The first-order chi connectivity index (χ1) is 11.3. The Bertz CT molecular complexity index is 648. The van der Waals surface area contributed by atoms with Gasteiger partial charge in [0.15, 0.2) is 5.11 Å². The first-order valence-corrected chi connectivity index (χ1v) is 8.84. The van der Waals surface area contributed by atoms with Gasteiger partial charge in [0.05, 0.1) is 18.2 Å². The largest absolute Gasteiger partial charge is 0.463 e. The molecular weight excluding hydrogens is 320 g/mol. The number of hydrogen-bond donors (Lipinski definition) is 2. The van der Waals surface area contributed by atoms with Crippen LogP contribution in [0.15, 0.2) is 35.5 Å². The summed E-state index contributed by atoms with van der Waals surface area (Å²) in [4.78, 5) is 12.6. The predicted octanol–water partition coefficient (Wildman–Crippen LogP) is 3.80. The smallest absolute Gasteiger partial charge is 0.338 e. The Hall–Kier alpha value is -1.88. The fourth-order valence-electron chi connectivity index (χ4n) is 2.80. The summed E-state index contributed by atoms with van der Waals surface area (Å²) in [6.07, 6.45) is 0. The number of ether oxygens (including phenoxy) is 1. The Labute approximate surface area is 149 Å². The minimum Gasteiger partial charge on any atom is -0.463 e. The van der Waals surface area contributed by atoms with Gasteiger partial charge in [-0.2, -0.15) is 0 Å². The lowest BCUT2D eigenvalue weighted by molar-refractivity contribution is -0.139. The molecular formula is C19H26N2O2S. The Balaban J connectivity index is 2.49. The van der Waals surface area contributed by atoms with Crippen LogP contribution in [0.2, 0.25) is 0 Å². The lowest BCUT2D eigenvalue weighted by Gasteiger charge is -2.32. The molecule has 0 aromatic heterocycles. The van der Waals surface area contributed by atoms with Crippen molar-refractivity contribution in [2.45, 2.75) is 46.6 Å². The minimum atomic E-state index is -0.304. The zero-order chi connectivity index (χ0) is 17.9.